The minimum Gasteiger partial charge on any atom is -0.481 e. The molecule has 66 valence electrons. The molecule has 0 amide bonds. The summed E-state index contributed by atoms with van der Waals surface area (Å²) in [6.07, 6.45) is 0. The van der Waals surface area contributed by atoms with E-state index in [0.717, 1.165) is 0 Å². The normalized spacial score (nSPS) is 10.0. The summed E-state index contributed by atoms with van der Waals surface area (Å²) in [7, 11) is 3.16. The molecule has 0 aromatic carbocycles. The zero-order valence-corrected chi connectivity index (χ0v) is 7.84. The second kappa shape index (κ2) is 3.15. The van der Waals surface area contributed by atoms with Crippen LogP contribution in [0.2, 0.25) is 0 Å². The summed E-state index contributed by atoms with van der Waals surface area (Å²) >= 11 is 5.33. The highest BCUT2D eigenvalue weighted by atomic mass is 35.5. The van der Waals surface area contributed by atoms with Gasteiger partial charge in [-0.1, -0.05) is 0 Å². The zero-order chi connectivity index (χ0) is 9.30. The molecule has 12 heavy (non-hydrogen) atoms. The fourth-order valence-corrected chi connectivity index (χ4v) is 1.32. The van der Waals surface area contributed by atoms with Crippen molar-refractivity contribution >= 4 is 16.8 Å². The van der Waals surface area contributed by atoms with E-state index in [9.17, 15) is 4.79 Å². The summed E-state index contributed by atoms with van der Waals surface area (Å²) in [4.78, 5) is 10.9. The highest BCUT2D eigenvalue weighted by Gasteiger charge is 2.18. The smallest absolute Gasteiger partial charge is 0.259 e. The lowest BCUT2D eigenvalue weighted by molar-refractivity contribution is 0.107. The van der Waals surface area contributed by atoms with Crippen LogP contribution in [-0.2, 0) is 7.05 Å². The number of carbonyl (C=O) groups excluding carboxylic acids is 1. The molecule has 1 aromatic rings. The van der Waals surface area contributed by atoms with Crippen molar-refractivity contribution in [2.75, 3.05) is 7.11 Å². The molecule has 0 saturated heterocycles. The number of rotatable bonds is 2. The molecule has 0 aliphatic rings. The quantitative estimate of drug-likeness (QED) is 0.654. The van der Waals surface area contributed by atoms with Gasteiger partial charge >= 0.3 is 0 Å². The van der Waals surface area contributed by atoms with E-state index in [-0.39, 0.29) is 0 Å². The Kier molecular flexibility index (Phi) is 2.38. The molecule has 0 atom stereocenters. The molecule has 1 rings (SSSR count). The van der Waals surface area contributed by atoms with E-state index in [4.69, 9.17) is 16.3 Å². The summed E-state index contributed by atoms with van der Waals surface area (Å²) in [5.74, 6) is 0.396. The number of aromatic nitrogens is 2. The maximum atomic E-state index is 10.9. The predicted molar refractivity (Wildman–Crippen MR) is 44.7 cm³/mol. The second-order valence-electron chi connectivity index (χ2n) is 2.37. The molecule has 0 radical (unpaired) electrons. The van der Waals surface area contributed by atoms with Gasteiger partial charge in [0.25, 0.3) is 5.24 Å². The Hall–Kier alpha value is -1.03. The van der Waals surface area contributed by atoms with Gasteiger partial charge in [-0.15, -0.1) is 0 Å². The number of carbonyl (C=O) groups is 1. The van der Waals surface area contributed by atoms with Gasteiger partial charge in [-0.2, -0.15) is 5.10 Å². The van der Waals surface area contributed by atoms with Crippen LogP contribution in [-0.4, -0.2) is 22.1 Å². The first-order valence-corrected chi connectivity index (χ1v) is 3.73. The monoisotopic (exact) mass is 188 g/mol. The van der Waals surface area contributed by atoms with Gasteiger partial charge in [-0.25, -0.2) is 4.68 Å². The van der Waals surface area contributed by atoms with Gasteiger partial charge in [-0.05, 0) is 18.5 Å². The summed E-state index contributed by atoms with van der Waals surface area (Å²) in [5.41, 5.74) is 0.913. The number of aryl methyl sites for hydroxylation is 2. The van der Waals surface area contributed by atoms with Gasteiger partial charge in [0.1, 0.15) is 5.56 Å². The van der Waals surface area contributed by atoms with Crippen LogP contribution in [0.3, 0.4) is 0 Å². The number of hydrogen-bond donors (Lipinski definition) is 0. The summed E-state index contributed by atoms with van der Waals surface area (Å²) in [6, 6.07) is 0. The second-order valence-corrected chi connectivity index (χ2v) is 2.71. The maximum absolute atomic E-state index is 10.9. The van der Waals surface area contributed by atoms with Gasteiger partial charge in [0, 0.05) is 7.05 Å². The Morgan fingerprint density at radius 2 is 2.25 bits per heavy atom. The number of ether oxygens (including phenoxy) is 1. The molecular weight excluding hydrogens is 180 g/mol. The Morgan fingerprint density at radius 3 is 2.58 bits per heavy atom. The highest BCUT2D eigenvalue weighted by Crippen LogP contribution is 2.22. The van der Waals surface area contributed by atoms with Crippen LogP contribution in [0, 0.1) is 6.92 Å². The molecule has 5 heteroatoms. The van der Waals surface area contributed by atoms with E-state index in [0.29, 0.717) is 17.1 Å². The molecule has 0 spiro atoms. The van der Waals surface area contributed by atoms with Crippen molar-refractivity contribution in [3.05, 3.63) is 11.3 Å². The molecule has 0 fully saturated rings. The van der Waals surface area contributed by atoms with Crippen LogP contribution < -0.4 is 4.74 Å². The van der Waals surface area contributed by atoms with Crippen LogP contribution in [0.1, 0.15) is 16.1 Å². The summed E-state index contributed by atoms with van der Waals surface area (Å²) < 4.78 is 6.43. The molecule has 0 N–H and O–H groups in total. The van der Waals surface area contributed by atoms with Crippen molar-refractivity contribution in [1.82, 2.24) is 9.78 Å². The van der Waals surface area contributed by atoms with Crippen molar-refractivity contribution in [1.29, 1.82) is 0 Å². The minimum atomic E-state index is -0.544. The van der Waals surface area contributed by atoms with E-state index in [1.807, 2.05) is 0 Å². The number of hydrogen-bond acceptors (Lipinski definition) is 3. The fraction of sp³-hybridized carbons (Fsp3) is 0.429. The van der Waals surface area contributed by atoms with Crippen LogP contribution in [0.25, 0.3) is 0 Å². The van der Waals surface area contributed by atoms with Crippen LogP contribution in [0.4, 0.5) is 0 Å². The van der Waals surface area contributed by atoms with E-state index in [1.54, 1.807) is 14.0 Å². The molecule has 1 aromatic heterocycles. The first-order valence-electron chi connectivity index (χ1n) is 3.35. The molecular formula is C7H9ClN2O2. The average Bonchev–Trinajstić information content (AvgIpc) is 2.24. The number of halogens is 1. The molecule has 0 bridgehead atoms. The SMILES string of the molecule is COc1c(C(=O)Cl)c(C)nn1C. The van der Waals surface area contributed by atoms with Crippen molar-refractivity contribution in [3.8, 4) is 5.88 Å². The van der Waals surface area contributed by atoms with Crippen LogP contribution in [0.15, 0.2) is 0 Å². The molecule has 0 unspecified atom stereocenters. The van der Waals surface area contributed by atoms with Gasteiger partial charge < -0.3 is 4.74 Å². The molecule has 0 aliphatic heterocycles. The van der Waals surface area contributed by atoms with E-state index >= 15 is 0 Å². The Bertz CT molecular complexity index is 319. The largest absolute Gasteiger partial charge is 0.481 e. The fourth-order valence-electron chi connectivity index (χ4n) is 1.10. The lowest BCUT2D eigenvalue weighted by Crippen LogP contribution is -1.98. The molecule has 1 heterocycles. The van der Waals surface area contributed by atoms with Crippen LogP contribution >= 0.6 is 11.6 Å². The van der Waals surface area contributed by atoms with E-state index < -0.39 is 5.24 Å². The number of methoxy groups -OCH3 is 1. The van der Waals surface area contributed by atoms with E-state index in [2.05, 4.69) is 5.10 Å². The maximum Gasteiger partial charge on any atom is 0.259 e. The Morgan fingerprint density at radius 1 is 1.67 bits per heavy atom. The lowest BCUT2D eigenvalue weighted by Gasteiger charge is -1.99. The zero-order valence-electron chi connectivity index (χ0n) is 7.09. The van der Waals surface area contributed by atoms with Gasteiger partial charge in [0.05, 0.1) is 12.8 Å². The van der Waals surface area contributed by atoms with Crippen molar-refractivity contribution in [3.63, 3.8) is 0 Å². The van der Waals surface area contributed by atoms with Gasteiger partial charge in [-0.3, -0.25) is 4.79 Å². The van der Waals surface area contributed by atoms with Crippen molar-refractivity contribution in [2.45, 2.75) is 6.92 Å². The molecule has 4 nitrogen and oxygen atoms in total. The first kappa shape index (κ1) is 9.06. The molecule has 0 aliphatic carbocycles. The standard InChI is InChI=1S/C7H9ClN2O2/c1-4-5(6(8)11)7(12-3)10(2)9-4/h1-3H3. The van der Waals surface area contributed by atoms with E-state index in [1.165, 1.54) is 11.8 Å². The third-order valence-corrected chi connectivity index (χ3v) is 1.75. The lowest BCUT2D eigenvalue weighted by atomic mass is 10.3. The topological polar surface area (TPSA) is 44.1 Å². The van der Waals surface area contributed by atoms with Gasteiger partial charge in [0.2, 0.25) is 5.88 Å². The minimum absolute atomic E-state index is 0.335. The third kappa shape index (κ3) is 1.30. The summed E-state index contributed by atoms with van der Waals surface area (Å²) in [5, 5.41) is 3.45. The first-order chi connectivity index (χ1) is 5.57. The average molecular weight is 189 g/mol. The van der Waals surface area contributed by atoms with Gasteiger partial charge in [0.15, 0.2) is 0 Å². The number of nitrogens with zero attached hydrogens (tertiary/aromatic N) is 2. The van der Waals surface area contributed by atoms with Crippen LogP contribution in [0.5, 0.6) is 5.88 Å². The van der Waals surface area contributed by atoms with Crippen molar-refractivity contribution < 1.29 is 9.53 Å². The summed E-state index contributed by atoms with van der Waals surface area (Å²) in [6.45, 7) is 1.71. The predicted octanol–water partition coefficient (Wildman–Crippen LogP) is 1.12. The molecule has 0 saturated carbocycles. The highest BCUT2D eigenvalue weighted by molar-refractivity contribution is 6.68. The third-order valence-electron chi connectivity index (χ3n) is 1.56. The van der Waals surface area contributed by atoms with Crippen molar-refractivity contribution in [2.24, 2.45) is 7.05 Å². The Labute approximate surface area is 75.1 Å². The Balaban J connectivity index is 3.32.